The van der Waals surface area contributed by atoms with Crippen LogP contribution in [0.15, 0.2) is 18.2 Å². The van der Waals surface area contributed by atoms with Crippen molar-refractivity contribution in [1.29, 1.82) is 0 Å². The molecule has 1 N–H and O–H groups in total. The molecule has 0 fully saturated rings. The Morgan fingerprint density at radius 3 is 1.89 bits per heavy atom. The number of hydrogen-bond acceptors (Lipinski definition) is 2. The molecule has 0 bridgehead atoms. The highest BCUT2D eigenvalue weighted by atomic mass is 35.5. The first-order valence-electron chi connectivity index (χ1n) is 6.89. The Hall–Kier alpha value is -0.673. The second-order valence-electron chi connectivity index (χ2n) is 6.01. The maximum atomic E-state index is 9.72. The van der Waals surface area contributed by atoms with Gasteiger partial charge >= 0.3 is 0 Å². The zero-order valence-electron chi connectivity index (χ0n) is 12.7. The fourth-order valence-corrected chi connectivity index (χ4v) is 8.61. The smallest absolute Gasteiger partial charge is 0.258 e. The Kier molecular flexibility index (Phi) is 5.33. The largest absolute Gasteiger partial charge is 0.542 e. The molecule has 0 radical (unpaired) electrons. The number of halogens is 1. The fraction of sp³-hybridized carbons (Fsp3) is 0.600. The van der Waals surface area contributed by atoms with Gasteiger partial charge in [0.2, 0.25) is 0 Å². The summed E-state index contributed by atoms with van der Waals surface area (Å²) in [6.07, 6.45) is 0. The predicted molar refractivity (Wildman–Crippen MR) is 84.8 cm³/mol. The lowest BCUT2D eigenvalue weighted by molar-refractivity contribution is 0.457. The maximum absolute atomic E-state index is 9.72. The van der Waals surface area contributed by atoms with E-state index in [0.717, 1.165) is 0 Å². The second-order valence-corrected chi connectivity index (χ2v) is 11.8. The topological polar surface area (TPSA) is 29.5 Å². The van der Waals surface area contributed by atoms with Gasteiger partial charge in [-0.15, -0.1) is 0 Å². The minimum atomic E-state index is -2.02. The first-order chi connectivity index (χ1) is 8.73. The van der Waals surface area contributed by atoms with E-state index >= 15 is 0 Å². The Balaban J connectivity index is 3.25. The SMILES string of the molecule is CC(C)[Si](Oc1cccc(O)c1Cl)(C(C)C)C(C)C. The van der Waals surface area contributed by atoms with Gasteiger partial charge in [0.1, 0.15) is 16.5 Å². The molecule has 0 unspecified atom stereocenters. The molecule has 0 amide bonds. The van der Waals surface area contributed by atoms with E-state index in [0.29, 0.717) is 27.4 Å². The Labute approximate surface area is 122 Å². The van der Waals surface area contributed by atoms with Crippen LogP contribution in [0.5, 0.6) is 11.5 Å². The molecule has 1 aromatic carbocycles. The Morgan fingerprint density at radius 1 is 1.00 bits per heavy atom. The summed E-state index contributed by atoms with van der Waals surface area (Å²) in [7, 11) is -2.02. The van der Waals surface area contributed by atoms with Crippen molar-refractivity contribution in [3.63, 3.8) is 0 Å². The first kappa shape index (κ1) is 16.4. The highest BCUT2D eigenvalue weighted by molar-refractivity contribution is 6.78. The maximum Gasteiger partial charge on any atom is 0.258 e. The summed E-state index contributed by atoms with van der Waals surface area (Å²) in [6.45, 7) is 13.4. The summed E-state index contributed by atoms with van der Waals surface area (Å²) in [4.78, 5) is 0. The normalized spacial score (nSPS) is 12.5. The van der Waals surface area contributed by atoms with Crippen molar-refractivity contribution in [3.8, 4) is 11.5 Å². The van der Waals surface area contributed by atoms with Crippen LogP contribution in [0.25, 0.3) is 0 Å². The molecule has 4 heteroatoms. The average Bonchev–Trinajstić information content (AvgIpc) is 2.29. The van der Waals surface area contributed by atoms with Crippen LogP contribution in [0.1, 0.15) is 41.5 Å². The van der Waals surface area contributed by atoms with Crippen LogP contribution in [0, 0.1) is 0 Å². The van der Waals surface area contributed by atoms with Gasteiger partial charge in [0.05, 0.1) is 0 Å². The molecule has 1 rings (SSSR count). The van der Waals surface area contributed by atoms with Crippen LogP contribution in [0.4, 0.5) is 0 Å². The standard InChI is InChI=1S/C15H25ClO2Si/c1-10(2)19(11(3)4,12(5)6)18-14-9-7-8-13(17)15(14)16/h7-12,17H,1-6H3. The van der Waals surface area contributed by atoms with E-state index in [4.69, 9.17) is 16.0 Å². The predicted octanol–water partition coefficient (Wildman–Crippen LogP) is 5.60. The van der Waals surface area contributed by atoms with Crippen molar-refractivity contribution in [2.24, 2.45) is 0 Å². The molecule has 0 atom stereocenters. The van der Waals surface area contributed by atoms with Crippen molar-refractivity contribution in [1.82, 2.24) is 0 Å². The van der Waals surface area contributed by atoms with E-state index in [9.17, 15) is 5.11 Å². The van der Waals surface area contributed by atoms with Crippen LogP contribution >= 0.6 is 11.6 Å². The summed E-state index contributed by atoms with van der Waals surface area (Å²) in [5.41, 5.74) is 1.43. The third-order valence-electron chi connectivity index (χ3n) is 3.94. The molecule has 0 aliphatic heterocycles. The molecule has 2 nitrogen and oxygen atoms in total. The summed E-state index contributed by atoms with van der Waals surface area (Å²) in [6, 6.07) is 5.20. The van der Waals surface area contributed by atoms with Crippen molar-refractivity contribution in [2.45, 2.75) is 58.2 Å². The molecular weight excluding hydrogens is 276 g/mol. The summed E-state index contributed by atoms with van der Waals surface area (Å²) in [5.74, 6) is 0.697. The number of aromatic hydroxyl groups is 1. The van der Waals surface area contributed by atoms with Gasteiger partial charge < -0.3 is 9.53 Å². The molecule has 1 aromatic rings. The van der Waals surface area contributed by atoms with Crippen molar-refractivity contribution >= 4 is 19.9 Å². The Morgan fingerprint density at radius 2 is 1.47 bits per heavy atom. The number of phenols is 1. The first-order valence-corrected chi connectivity index (χ1v) is 9.41. The number of rotatable bonds is 5. The summed E-state index contributed by atoms with van der Waals surface area (Å²) < 4.78 is 6.44. The third kappa shape index (κ3) is 3.08. The molecule has 0 aromatic heterocycles. The third-order valence-corrected chi connectivity index (χ3v) is 10.3. The van der Waals surface area contributed by atoms with Crippen LogP contribution in [0.3, 0.4) is 0 Å². The van der Waals surface area contributed by atoms with Crippen LogP contribution in [-0.4, -0.2) is 13.4 Å². The molecule has 0 aliphatic carbocycles. The van der Waals surface area contributed by atoms with Gasteiger partial charge in [0.25, 0.3) is 8.32 Å². The van der Waals surface area contributed by atoms with E-state index in [1.165, 1.54) is 0 Å². The quantitative estimate of drug-likeness (QED) is 0.717. The van der Waals surface area contributed by atoms with Gasteiger partial charge in [-0.05, 0) is 28.8 Å². The van der Waals surface area contributed by atoms with Gasteiger partial charge in [-0.3, -0.25) is 0 Å². The molecular formula is C15H25ClO2Si. The van der Waals surface area contributed by atoms with Crippen molar-refractivity contribution < 1.29 is 9.53 Å². The highest BCUT2D eigenvalue weighted by Gasteiger charge is 2.47. The monoisotopic (exact) mass is 300 g/mol. The van der Waals surface area contributed by atoms with E-state index in [-0.39, 0.29) is 5.75 Å². The highest BCUT2D eigenvalue weighted by Crippen LogP contribution is 2.45. The summed E-state index contributed by atoms with van der Waals surface area (Å²) in [5, 5.41) is 10.0. The van der Waals surface area contributed by atoms with E-state index in [2.05, 4.69) is 41.5 Å². The lowest BCUT2D eigenvalue weighted by Gasteiger charge is -2.42. The van der Waals surface area contributed by atoms with Gasteiger partial charge in [-0.2, -0.15) is 0 Å². The molecule has 0 aliphatic rings. The van der Waals surface area contributed by atoms with Crippen molar-refractivity contribution in [3.05, 3.63) is 23.2 Å². The lowest BCUT2D eigenvalue weighted by atomic mass is 10.3. The van der Waals surface area contributed by atoms with Gasteiger partial charge in [0, 0.05) is 0 Å². The minimum absolute atomic E-state index is 0.0818. The van der Waals surface area contributed by atoms with E-state index in [1.807, 2.05) is 6.07 Å². The molecule has 0 saturated heterocycles. The van der Waals surface area contributed by atoms with Crippen LogP contribution < -0.4 is 4.43 Å². The fourth-order valence-electron chi connectivity index (χ4n) is 3.12. The number of hydrogen-bond donors (Lipinski definition) is 1. The number of benzene rings is 1. The van der Waals surface area contributed by atoms with Crippen LogP contribution in [-0.2, 0) is 0 Å². The second kappa shape index (κ2) is 6.19. The van der Waals surface area contributed by atoms with Crippen molar-refractivity contribution in [2.75, 3.05) is 0 Å². The molecule has 19 heavy (non-hydrogen) atoms. The van der Waals surface area contributed by atoms with E-state index < -0.39 is 8.32 Å². The molecule has 0 heterocycles. The van der Waals surface area contributed by atoms with Gasteiger partial charge in [-0.25, -0.2) is 0 Å². The number of phenolic OH excluding ortho intramolecular Hbond substituents is 1. The average molecular weight is 301 g/mol. The Bertz CT molecular complexity index is 408. The molecule has 0 spiro atoms. The zero-order chi connectivity index (χ0) is 14.8. The van der Waals surface area contributed by atoms with Crippen LogP contribution in [0.2, 0.25) is 21.6 Å². The molecule has 108 valence electrons. The molecule has 0 saturated carbocycles. The zero-order valence-corrected chi connectivity index (χ0v) is 14.5. The lowest BCUT2D eigenvalue weighted by Crippen LogP contribution is -2.50. The summed E-state index contributed by atoms with van der Waals surface area (Å²) >= 11 is 6.16. The van der Waals surface area contributed by atoms with Gasteiger partial charge in [-0.1, -0.05) is 59.2 Å². The van der Waals surface area contributed by atoms with Gasteiger partial charge in [0.15, 0.2) is 0 Å². The minimum Gasteiger partial charge on any atom is -0.542 e. The van der Waals surface area contributed by atoms with E-state index in [1.54, 1.807) is 12.1 Å².